The largest absolute Gasteiger partial charge is 0.497 e. The first-order chi connectivity index (χ1) is 20.2. The monoisotopic (exact) mass is 597 g/mol. The van der Waals surface area contributed by atoms with E-state index in [4.69, 9.17) is 26.1 Å². The number of rotatable bonds is 9. The maximum Gasteiger partial charge on any atom is 0.255 e. The highest BCUT2D eigenvalue weighted by Crippen LogP contribution is 2.33. The van der Waals surface area contributed by atoms with Crippen LogP contribution in [0.4, 0.5) is 10.3 Å². The Hall–Kier alpha value is -3.80. The van der Waals surface area contributed by atoms with Gasteiger partial charge in [-0.1, -0.05) is 23.7 Å². The number of carbonyl (C=O) groups excluding carboxylic acids is 2. The first kappa shape index (κ1) is 29.7. The number of aliphatic hydroxyl groups excluding tert-OH is 1. The van der Waals surface area contributed by atoms with Crippen LogP contribution in [0.2, 0.25) is 5.02 Å². The Kier molecular flexibility index (Phi) is 8.91. The van der Waals surface area contributed by atoms with Crippen LogP contribution in [0.3, 0.4) is 0 Å². The van der Waals surface area contributed by atoms with Gasteiger partial charge in [0.1, 0.15) is 17.6 Å². The van der Waals surface area contributed by atoms with Crippen molar-refractivity contribution in [3.8, 4) is 17.0 Å². The van der Waals surface area contributed by atoms with E-state index in [0.717, 1.165) is 18.4 Å². The summed E-state index contributed by atoms with van der Waals surface area (Å²) < 4.78 is 24.6. The molecule has 42 heavy (non-hydrogen) atoms. The van der Waals surface area contributed by atoms with E-state index in [1.54, 1.807) is 19.2 Å². The summed E-state index contributed by atoms with van der Waals surface area (Å²) in [5.41, 5.74) is 2.74. The second-order valence-electron chi connectivity index (χ2n) is 10.5. The number of hydrogen-bond donors (Lipinski definition) is 2. The van der Waals surface area contributed by atoms with E-state index in [9.17, 15) is 19.1 Å². The molecule has 0 bridgehead atoms. The molecular weight excluding hydrogens is 565 g/mol. The Morgan fingerprint density at radius 3 is 2.76 bits per heavy atom. The fraction of sp³-hybridized carbons (Fsp3) is 0.400. The van der Waals surface area contributed by atoms with Gasteiger partial charge in [-0.2, -0.15) is 0 Å². The van der Waals surface area contributed by atoms with E-state index in [1.165, 1.54) is 30.2 Å². The van der Waals surface area contributed by atoms with Crippen LogP contribution in [-0.2, 0) is 16.1 Å². The van der Waals surface area contributed by atoms with Gasteiger partial charge in [0.2, 0.25) is 11.9 Å². The molecule has 0 aliphatic carbocycles. The molecule has 1 saturated heterocycles. The van der Waals surface area contributed by atoms with Crippen LogP contribution in [0.5, 0.6) is 5.75 Å². The van der Waals surface area contributed by atoms with Crippen LogP contribution in [0.15, 0.2) is 42.6 Å². The normalized spacial score (nSPS) is 16.6. The SMILES string of the molecule is COc1cc(F)cc(C(CO)NC(=O)[C@@H](C)N2Cc3ccc(-c4nc(N(C)C5CCOCC5)ncc4Cl)cc3C2=O)c1. The Morgan fingerprint density at radius 1 is 1.29 bits per heavy atom. The molecular formula is C30H33ClFN5O5. The third kappa shape index (κ3) is 6.04. The van der Waals surface area contributed by atoms with Crippen LogP contribution >= 0.6 is 11.6 Å². The predicted octanol–water partition coefficient (Wildman–Crippen LogP) is 3.75. The van der Waals surface area contributed by atoms with Crippen LogP contribution in [-0.4, -0.2) is 77.9 Å². The highest BCUT2D eigenvalue weighted by atomic mass is 35.5. The summed E-state index contributed by atoms with van der Waals surface area (Å²) in [5.74, 6) is -0.560. The number of benzene rings is 2. The second kappa shape index (κ2) is 12.6. The molecule has 12 heteroatoms. The number of aliphatic hydroxyl groups is 1. The first-order valence-electron chi connectivity index (χ1n) is 13.7. The van der Waals surface area contributed by atoms with Gasteiger partial charge < -0.3 is 29.7 Å². The zero-order valence-electron chi connectivity index (χ0n) is 23.6. The molecule has 0 saturated carbocycles. The van der Waals surface area contributed by atoms with Crippen molar-refractivity contribution in [1.29, 1.82) is 0 Å². The van der Waals surface area contributed by atoms with E-state index in [0.29, 0.717) is 46.6 Å². The molecule has 2 amide bonds. The van der Waals surface area contributed by atoms with Crippen molar-refractivity contribution >= 4 is 29.4 Å². The van der Waals surface area contributed by atoms with E-state index in [-0.39, 0.29) is 24.2 Å². The topological polar surface area (TPSA) is 117 Å². The number of carbonyl (C=O) groups is 2. The summed E-state index contributed by atoms with van der Waals surface area (Å²) in [6.45, 7) is 2.76. The molecule has 0 radical (unpaired) electrons. The number of anilines is 1. The molecule has 0 spiro atoms. The summed E-state index contributed by atoms with van der Waals surface area (Å²) in [6, 6.07) is 7.90. The summed E-state index contributed by atoms with van der Waals surface area (Å²) >= 11 is 6.51. The van der Waals surface area contributed by atoms with E-state index < -0.39 is 30.4 Å². The minimum Gasteiger partial charge on any atom is -0.497 e. The molecule has 2 aliphatic heterocycles. The Bertz CT molecular complexity index is 1480. The van der Waals surface area contributed by atoms with Crippen LogP contribution in [0.1, 0.15) is 47.3 Å². The Balaban J connectivity index is 1.32. The van der Waals surface area contributed by atoms with Gasteiger partial charge in [0.25, 0.3) is 5.91 Å². The summed E-state index contributed by atoms with van der Waals surface area (Å²) in [4.78, 5) is 39.3. The van der Waals surface area contributed by atoms with Gasteiger partial charge in [0.15, 0.2) is 0 Å². The van der Waals surface area contributed by atoms with Crippen LogP contribution in [0, 0.1) is 5.82 Å². The van der Waals surface area contributed by atoms with Crippen LogP contribution < -0.4 is 15.0 Å². The van der Waals surface area contributed by atoms with Gasteiger partial charge in [-0.05, 0) is 49.1 Å². The third-order valence-electron chi connectivity index (χ3n) is 7.88. The molecule has 2 N–H and O–H groups in total. The quantitative estimate of drug-likeness (QED) is 0.383. The fourth-order valence-electron chi connectivity index (χ4n) is 5.32. The van der Waals surface area contributed by atoms with Crippen molar-refractivity contribution < 1.29 is 28.6 Å². The number of nitrogens with zero attached hydrogens (tertiary/aromatic N) is 4. The molecule has 10 nitrogen and oxygen atoms in total. The molecule has 3 heterocycles. The average molecular weight is 598 g/mol. The van der Waals surface area contributed by atoms with Crippen molar-refractivity contribution in [3.63, 3.8) is 0 Å². The molecule has 1 aromatic heterocycles. The number of nitrogens with one attached hydrogen (secondary N) is 1. The van der Waals surface area contributed by atoms with Gasteiger partial charge in [0, 0.05) is 50.0 Å². The molecule has 1 fully saturated rings. The smallest absolute Gasteiger partial charge is 0.255 e. The summed E-state index contributed by atoms with van der Waals surface area (Å²) in [7, 11) is 3.35. The van der Waals surface area contributed by atoms with Gasteiger partial charge in [0.05, 0.1) is 36.7 Å². The lowest BCUT2D eigenvalue weighted by atomic mass is 10.0. The molecule has 3 aromatic rings. The van der Waals surface area contributed by atoms with Crippen molar-refractivity contribution in [2.45, 2.75) is 44.4 Å². The van der Waals surface area contributed by atoms with Gasteiger partial charge in [-0.15, -0.1) is 0 Å². The average Bonchev–Trinajstić information content (AvgIpc) is 3.34. The van der Waals surface area contributed by atoms with Gasteiger partial charge in [-0.3, -0.25) is 9.59 Å². The molecule has 5 rings (SSSR count). The second-order valence-corrected chi connectivity index (χ2v) is 10.9. The van der Waals surface area contributed by atoms with Crippen molar-refractivity contribution in [3.05, 3.63) is 70.1 Å². The lowest BCUT2D eigenvalue weighted by Crippen LogP contribution is -2.46. The number of ether oxygens (including phenoxy) is 2. The van der Waals surface area contributed by atoms with Crippen molar-refractivity contribution in [2.24, 2.45) is 0 Å². The maximum atomic E-state index is 14.0. The number of fused-ring (bicyclic) bond motifs is 1. The molecule has 222 valence electrons. The molecule has 2 atom stereocenters. The van der Waals surface area contributed by atoms with Gasteiger partial charge in [-0.25, -0.2) is 14.4 Å². The first-order valence-corrected chi connectivity index (χ1v) is 14.1. The van der Waals surface area contributed by atoms with Crippen LogP contribution in [0.25, 0.3) is 11.3 Å². The molecule has 2 aromatic carbocycles. The minimum atomic E-state index is -0.885. The number of aromatic nitrogens is 2. The zero-order valence-corrected chi connectivity index (χ0v) is 24.4. The lowest BCUT2D eigenvalue weighted by molar-refractivity contribution is -0.126. The summed E-state index contributed by atoms with van der Waals surface area (Å²) in [6.07, 6.45) is 3.32. The number of halogens is 2. The Morgan fingerprint density at radius 2 is 2.05 bits per heavy atom. The number of methoxy groups -OCH3 is 1. The molecule has 1 unspecified atom stereocenters. The third-order valence-corrected chi connectivity index (χ3v) is 8.15. The maximum absolute atomic E-state index is 14.0. The highest BCUT2D eigenvalue weighted by Gasteiger charge is 2.35. The van der Waals surface area contributed by atoms with Crippen molar-refractivity contribution in [1.82, 2.24) is 20.2 Å². The van der Waals surface area contributed by atoms with E-state index in [2.05, 4.69) is 10.3 Å². The summed E-state index contributed by atoms with van der Waals surface area (Å²) in [5, 5.41) is 13.0. The van der Waals surface area contributed by atoms with E-state index in [1.807, 2.05) is 24.1 Å². The Labute approximate surface area is 248 Å². The lowest BCUT2D eigenvalue weighted by Gasteiger charge is -2.31. The number of hydrogen-bond acceptors (Lipinski definition) is 8. The number of amides is 2. The van der Waals surface area contributed by atoms with Gasteiger partial charge >= 0.3 is 0 Å². The standard InChI is InChI=1S/C30H33ClFN5O5/c1-17(28(39)34-26(16-38)20-10-21(32)13-23(11-20)41-3)37-15-19-5-4-18(12-24(19)29(37)40)27-25(31)14-33-30(35-27)36(2)22-6-8-42-9-7-22/h4-5,10-14,17,22,26,38H,6-9,15-16H2,1-3H3,(H,34,39)/t17-,26?/m1/s1. The van der Waals surface area contributed by atoms with E-state index >= 15 is 0 Å². The fourth-order valence-corrected chi connectivity index (χ4v) is 5.52. The highest BCUT2D eigenvalue weighted by molar-refractivity contribution is 6.33. The predicted molar refractivity (Wildman–Crippen MR) is 155 cm³/mol. The minimum absolute atomic E-state index is 0.232. The zero-order chi connectivity index (χ0) is 30.0. The molecule has 2 aliphatic rings. The van der Waals surface area contributed by atoms with Crippen molar-refractivity contribution in [2.75, 3.05) is 38.9 Å².